The number of methoxy groups -OCH3 is 1. The van der Waals surface area contributed by atoms with Crippen LogP contribution >= 0.6 is 23.2 Å². The van der Waals surface area contributed by atoms with Crippen LogP contribution in [0.2, 0.25) is 10.0 Å². The number of rotatable bonds is 9. The second kappa shape index (κ2) is 11.1. The molecule has 0 aromatic heterocycles. The number of ether oxygens (including phenoxy) is 2. The number of nitrogens with zero attached hydrogens (tertiary/aromatic N) is 1. The first-order chi connectivity index (χ1) is 14.2. The molecule has 0 saturated heterocycles. The van der Waals surface area contributed by atoms with Crippen molar-refractivity contribution in [2.24, 2.45) is 0 Å². The van der Waals surface area contributed by atoms with Gasteiger partial charge in [0, 0.05) is 12.6 Å². The summed E-state index contributed by atoms with van der Waals surface area (Å²) in [5.74, 6) is 0.364. The molecule has 0 radical (unpaired) electrons. The number of carbonyl (C=O) groups excluding carboxylic acids is 2. The molecule has 0 saturated carbocycles. The summed E-state index contributed by atoms with van der Waals surface area (Å²) >= 11 is 12.1. The van der Waals surface area contributed by atoms with E-state index in [0.717, 1.165) is 5.56 Å². The molecule has 1 atom stereocenters. The van der Waals surface area contributed by atoms with Gasteiger partial charge in [0.05, 0.1) is 17.2 Å². The Labute approximate surface area is 187 Å². The van der Waals surface area contributed by atoms with E-state index in [1.807, 2.05) is 19.9 Å². The van der Waals surface area contributed by atoms with Crippen molar-refractivity contribution in [1.29, 1.82) is 0 Å². The molecule has 0 aliphatic rings. The summed E-state index contributed by atoms with van der Waals surface area (Å²) < 4.78 is 10.9. The lowest BCUT2D eigenvalue weighted by Crippen LogP contribution is -2.50. The van der Waals surface area contributed by atoms with E-state index in [-0.39, 0.29) is 31.0 Å². The molecule has 0 heterocycles. The molecule has 2 aromatic rings. The van der Waals surface area contributed by atoms with Crippen LogP contribution in [0.5, 0.6) is 11.5 Å². The van der Waals surface area contributed by atoms with Crippen molar-refractivity contribution in [1.82, 2.24) is 10.2 Å². The van der Waals surface area contributed by atoms with Crippen LogP contribution in [0.15, 0.2) is 42.5 Å². The van der Waals surface area contributed by atoms with Crippen molar-refractivity contribution < 1.29 is 19.1 Å². The fourth-order valence-electron chi connectivity index (χ4n) is 2.78. The van der Waals surface area contributed by atoms with Crippen LogP contribution in [0.25, 0.3) is 0 Å². The highest BCUT2D eigenvalue weighted by Crippen LogP contribution is 2.26. The largest absolute Gasteiger partial charge is 0.493 e. The number of carbonyl (C=O) groups is 2. The van der Waals surface area contributed by atoms with Crippen LogP contribution in [-0.2, 0) is 16.1 Å². The van der Waals surface area contributed by atoms with Crippen molar-refractivity contribution in [3.05, 3.63) is 58.1 Å². The minimum Gasteiger partial charge on any atom is -0.493 e. The molecule has 2 amide bonds. The zero-order chi connectivity index (χ0) is 22.3. The van der Waals surface area contributed by atoms with Gasteiger partial charge in [0.25, 0.3) is 5.91 Å². The highest BCUT2D eigenvalue weighted by molar-refractivity contribution is 6.42. The molecule has 30 heavy (non-hydrogen) atoms. The van der Waals surface area contributed by atoms with Gasteiger partial charge in [0.1, 0.15) is 6.04 Å². The SMILES string of the molecule is COc1ccccc1OCC(=O)N(Cc1ccc(Cl)c(Cl)c1)[C@H](C)C(=O)NC(C)C. The molecule has 1 N–H and O–H groups in total. The van der Waals surface area contributed by atoms with E-state index in [4.69, 9.17) is 32.7 Å². The molecule has 0 aliphatic heterocycles. The van der Waals surface area contributed by atoms with E-state index in [9.17, 15) is 9.59 Å². The molecule has 0 bridgehead atoms. The van der Waals surface area contributed by atoms with Crippen LogP contribution in [0, 0.1) is 0 Å². The third kappa shape index (κ3) is 6.54. The van der Waals surface area contributed by atoms with E-state index in [0.29, 0.717) is 21.5 Å². The Balaban J connectivity index is 2.21. The third-order valence-electron chi connectivity index (χ3n) is 4.36. The molecule has 0 aliphatic carbocycles. The molecule has 2 rings (SSSR count). The van der Waals surface area contributed by atoms with Crippen molar-refractivity contribution >= 4 is 35.0 Å². The Kier molecular flexibility index (Phi) is 8.81. The van der Waals surface area contributed by atoms with Gasteiger partial charge < -0.3 is 19.7 Å². The Bertz CT molecular complexity index is 889. The van der Waals surface area contributed by atoms with E-state index in [2.05, 4.69) is 5.32 Å². The first kappa shape index (κ1) is 23.8. The molecule has 0 unspecified atom stereocenters. The molecule has 2 aromatic carbocycles. The summed E-state index contributed by atoms with van der Waals surface area (Å²) in [7, 11) is 1.53. The standard InChI is InChI=1S/C22H26Cl2N2O4/c1-14(2)25-22(28)15(3)26(12-16-9-10-17(23)18(24)11-16)21(27)13-30-20-8-6-5-7-19(20)29-4/h5-11,14-15H,12-13H2,1-4H3,(H,25,28)/t15-/m1/s1. The summed E-state index contributed by atoms with van der Waals surface area (Å²) in [6.45, 7) is 5.33. The Morgan fingerprint density at radius 1 is 1.03 bits per heavy atom. The van der Waals surface area contributed by atoms with Gasteiger partial charge in [-0.1, -0.05) is 41.4 Å². The fourth-order valence-corrected chi connectivity index (χ4v) is 3.10. The molecular weight excluding hydrogens is 427 g/mol. The number of halogens is 2. The zero-order valence-electron chi connectivity index (χ0n) is 17.4. The van der Waals surface area contributed by atoms with Crippen molar-refractivity contribution in [3.63, 3.8) is 0 Å². The predicted molar refractivity (Wildman–Crippen MR) is 118 cm³/mol. The number of nitrogens with one attached hydrogen (secondary N) is 1. The lowest BCUT2D eigenvalue weighted by Gasteiger charge is -2.29. The first-order valence-electron chi connectivity index (χ1n) is 9.52. The average molecular weight is 453 g/mol. The summed E-state index contributed by atoms with van der Waals surface area (Å²) in [4.78, 5) is 27.0. The molecule has 6 nitrogen and oxygen atoms in total. The number of hydrogen-bond acceptors (Lipinski definition) is 4. The second-order valence-electron chi connectivity index (χ2n) is 7.05. The quantitative estimate of drug-likeness (QED) is 0.614. The summed E-state index contributed by atoms with van der Waals surface area (Å²) in [5.41, 5.74) is 0.749. The van der Waals surface area contributed by atoms with Gasteiger partial charge in [0.15, 0.2) is 18.1 Å². The first-order valence-corrected chi connectivity index (χ1v) is 10.3. The third-order valence-corrected chi connectivity index (χ3v) is 5.09. The minimum atomic E-state index is -0.712. The van der Waals surface area contributed by atoms with Gasteiger partial charge in [-0.15, -0.1) is 0 Å². The Morgan fingerprint density at radius 3 is 2.30 bits per heavy atom. The maximum Gasteiger partial charge on any atom is 0.261 e. The number of amides is 2. The minimum absolute atomic E-state index is 0.0493. The lowest BCUT2D eigenvalue weighted by molar-refractivity contribution is -0.142. The van der Waals surface area contributed by atoms with Crippen LogP contribution < -0.4 is 14.8 Å². The van der Waals surface area contributed by atoms with E-state index in [1.54, 1.807) is 43.3 Å². The fraction of sp³-hybridized carbons (Fsp3) is 0.364. The molecule has 162 valence electrons. The maximum absolute atomic E-state index is 13.0. The van der Waals surface area contributed by atoms with Crippen LogP contribution in [-0.4, -0.2) is 42.5 Å². The average Bonchev–Trinajstić information content (AvgIpc) is 2.71. The lowest BCUT2D eigenvalue weighted by atomic mass is 10.1. The molecular formula is C22H26Cl2N2O4. The summed E-state index contributed by atoms with van der Waals surface area (Å²) in [6, 6.07) is 11.4. The molecule has 0 fully saturated rings. The molecule has 0 spiro atoms. The molecule has 8 heteroatoms. The van der Waals surface area contributed by atoms with E-state index >= 15 is 0 Å². The van der Waals surface area contributed by atoms with Gasteiger partial charge in [-0.25, -0.2) is 0 Å². The summed E-state index contributed by atoms with van der Waals surface area (Å²) in [6.07, 6.45) is 0. The normalized spacial score (nSPS) is 11.7. The number of hydrogen-bond donors (Lipinski definition) is 1. The zero-order valence-corrected chi connectivity index (χ0v) is 19.0. The van der Waals surface area contributed by atoms with Crippen molar-refractivity contribution in [3.8, 4) is 11.5 Å². The van der Waals surface area contributed by atoms with Gasteiger partial charge in [-0.3, -0.25) is 9.59 Å². The number of benzene rings is 2. The van der Waals surface area contributed by atoms with Crippen LogP contribution in [0.1, 0.15) is 26.3 Å². The Hall–Kier alpha value is -2.44. The summed E-state index contributed by atoms with van der Waals surface area (Å²) in [5, 5.41) is 3.64. The van der Waals surface area contributed by atoms with Gasteiger partial charge in [-0.2, -0.15) is 0 Å². The van der Waals surface area contributed by atoms with Crippen molar-refractivity contribution in [2.75, 3.05) is 13.7 Å². The second-order valence-corrected chi connectivity index (χ2v) is 7.86. The van der Waals surface area contributed by atoms with E-state index in [1.165, 1.54) is 12.0 Å². The van der Waals surface area contributed by atoms with Gasteiger partial charge in [0.2, 0.25) is 5.91 Å². The van der Waals surface area contributed by atoms with Gasteiger partial charge >= 0.3 is 0 Å². The van der Waals surface area contributed by atoms with Gasteiger partial charge in [-0.05, 0) is 50.6 Å². The van der Waals surface area contributed by atoms with Crippen molar-refractivity contribution in [2.45, 2.75) is 39.4 Å². The van der Waals surface area contributed by atoms with Crippen LogP contribution in [0.3, 0.4) is 0 Å². The number of para-hydroxylation sites is 2. The van der Waals surface area contributed by atoms with E-state index < -0.39 is 6.04 Å². The maximum atomic E-state index is 13.0. The Morgan fingerprint density at radius 2 is 1.70 bits per heavy atom. The topological polar surface area (TPSA) is 67.9 Å². The monoisotopic (exact) mass is 452 g/mol. The highest BCUT2D eigenvalue weighted by atomic mass is 35.5. The predicted octanol–water partition coefficient (Wildman–Crippen LogP) is 4.32. The highest BCUT2D eigenvalue weighted by Gasteiger charge is 2.27. The van der Waals surface area contributed by atoms with Crippen LogP contribution in [0.4, 0.5) is 0 Å². The smallest absolute Gasteiger partial charge is 0.261 e.